The first-order chi connectivity index (χ1) is 9.43. The molecule has 1 aromatic carbocycles. The van der Waals surface area contributed by atoms with Gasteiger partial charge in [0.05, 0.1) is 16.7 Å². The van der Waals surface area contributed by atoms with E-state index in [1.807, 2.05) is 13.8 Å². The van der Waals surface area contributed by atoms with E-state index in [2.05, 4.69) is 10.6 Å². The number of carbonyl (C=O) groups excluding carboxylic acids is 1. The molecule has 3 N–H and O–H groups in total. The lowest BCUT2D eigenvalue weighted by molar-refractivity contribution is 0.0697. The fourth-order valence-corrected chi connectivity index (χ4v) is 1.72. The molecule has 0 bridgehead atoms. The average Bonchev–Trinajstić information content (AvgIpc) is 2.39. The number of nitrogens with one attached hydrogen (secondary N) is 2. The molecular weight excluding hydrogens is 284 g/mol. The van der Waals surface area contributed by atoms with E-state index < -0.39 is 12.0 Å². The van der Waals surface area contributed by atoms with E-state index in [1.54, 1.807) is 0 Å². The number of benzene rings is 1. The first kappa shape index (κ1) is 16.3. The number of carboxylic acids is 1. The SMILES string of the molecule is CCOC(C)CNC(=O)Nc1ccc(Cl)c(C(=O)O)c1. The minimum atomic E-state index is -1.15. The second-order valence-electron chi connectivity index (χ2n) is 4.10. The first-order valence-corrected chi connectivity index (χ1v) is 6.51. The average molecular weight is 301 g/mol. The van der Waals surface area contributed by atoms with Crippen molar-refractivity contribution in [2.45, 2.75) is 20.0 Å². The van der Waals surface area contributed by atoms with Crippen molar-refractivity contribution in [3.63, 3.8) is 0 Å². The Labute approximate surface area is 122 Å². The molecule has 1 unspecified atom stereocenters. The van der Waals surface area contributed by atoms with Gasteiger partial charge in [-0.3, -0.25) is 0 Å². The summed E-state index contributed by atoms with van der Waals surface area (Å²) in [4.78, 5) is 22.5. The number of amides is 2. The Hall–Kier alpha value is -1.79. The van der Waals surface area contributed by atoms with E-state index in [0.717, 1.165) is 0 Å². The third-order valence-electron chi connectivity index (χ3n) is 2.46. The summed E-state index contributed by atoms with van der Waals surface area (Å²) >= 11 is 5.74. The summed E-state index contributed by atoms with van der Waals surface area (Å²) in [6.07, 6.45) is -0.0921. The van der Waals surface area contributed by atoms with Crippen LogP contribution in [0.4, 0.5) is 10.5 Å². The van der Waals surface area contributed by atoms with Crippen molar-refractivity contribution in [1.82, 2.24) is 5.32 Å². The lowest BCUT2D eigenvalue weighted by atomic mass is 10.2. The molecule has 6 nitrogen and oxygen atoms in total. The number of carboxylic acid groups (broad SMARTS) is 1. The Morgan fingerprint density at radius 3 is 2.75 bits per heavy atom. The molecule has 1 aromatic rings. The zero-order valence-corrected chi connectivity index (χ0v) is 12.0. The van der Waals surface area contributed by atoms with Gasteiger partial charge < -0.3 is 20.5 Å². The van der Waals surface area contributed by atoms with Crippen LogP contribution in [0.1, 0.15) is 24.2 Å². The van der Waals surface area contributed by atoms with Gasteiger partial charge in [0.15, 0.2) is 0 Å². The molecule has 0 aromatic heterocycles. The van der Waals surface area contributed by atoms with Crippen LogP contribution in [0.15, 0.2) is 18.2 Å². The van der Waals surface area contributed by atoms with Crippen LogP contribution in [-0.4, -0.2) is 36.4 Å². The van der Waals surface area contributed by atoms with Crippen molar-refractivity contribution < 1.29 is 19.4 Å². The topological polar surface area (TPSA) is 87.7 Å². The third kappa shape index (κ3) is 5.07. The fourth-order valence-electron chi connectivity index (χ4n) is 1.52. The molecule has 110 valence electrons. The molecule has 0 aliphatic rings. The smallest absolute Gasteiger partial charge is 0.337 e. The normalized spacial score (nSPS) is 11.8. The van der Waals surface area contributed by atoms with Gasteiger partial charge in [0, 0.05) is 18.8 Å². The van der Waals surface area contributed by atoms with E-state index in [9.17, 15) is 9.59 Å². The predicted octanol–water partition coefficient (Wildman–Crippen LogP) is 2.58. The summed E-state index contributed by atoms with van der Waals surface area (Å²) in [5, 5.41) is 14.2. The van der Waals surface area contributed by atoms with Crippen molar-refractivity contribution in [3.05, 3.63) is 28.8 Å². The van der Waals surface area contributed by atoms with Crippen LogP contribution in [-0.2, 0) is 4.74 Å². The van der Waals surface area contributed by atoms with Gasteiger partial charge in [-0.15, -0.1) is 0 Å². The van der Waals surface area contributed by atoms with Gasteiger partial charge in [-0.1, -0.05) is 11.6 Å². The van der Waals surface area contributed by atoms with E-state index in [4.69, 9.17) is 21.4 Å². The molecule has 1 atom stereocenters. The summed E-state index contributed by atoms with van der Waals surface area (Å²) in [6.45, 7) is 4.65. The molecule has 0 spiro atoms. The van der Waals surface area contributed by atoms with Crippen LogP contribution in [0, 0.1) is 0 Å². The molecule has 0 saturated carbocycles. The molecule has 7 heteroatoms. The van der Waals surface area contributed by atoms with Gasteiger partial charge in [-0.2, -0.15) is 0 Å². The van der Waals surface area contributed by atoms with Gasteiger partial charge in [0.2, 0.25) is 0 Å². The van der Waals surface area contributed by atoms with Crippen LogP contribution < -0.4 is 10.6 Å². The van der Waals surface area contributed by atoms with Gasteiger partial charge in [0.1, 0.15) is 0 Å². The maximum atomic E-state index is 11.6. The summed E-state index contributed by atoms with van der Waals surface area (Å²) in [5.74, 6) is -1.15. The summed E-state index contributed by atoms with van der Waals surface area (Å²) in [6, 6.07) is 3.81. The number of hydrogen-bond donors (Lipinski definition) is 3. The van der Waals surface area contributed by atoms with E-state index in [0.29, 0.717) is 18.8 Å². The second-order valence-corrected chi connectivity index (χ2v) is 4.51. The van der Waals surface area contributed by atoms with E-state index >= 15 is 0 Å². The zero-order chi connectivity index (χ0) is 15.1. The standard InChI is InChI=1S/C13H17ClN2O4/c1-3-20-8(2)7-15-13(19)16-9-4-5-11(14)10(6-9)12(17)18/h4-6,8H,3,7H2,1-2H3,(H,17,18)(H2,15,16,19). The highest BCUT2D eigenvalue weighted by Gasteiger charge is 2.11. The second kappa shape index (κ2) is 7.72. The summed E-state index contributed by atoms with van der Waals surface area (Å²) in [5.41, 5.74) is 0.292. The largest absolute Gasteiger partial charge is 0.478 e. The van der Waals surface area contributed by atoms with Crippen LogP contribution in [0.3, 0.4) is 0 Å². The molecule has 0 saturated heterocycles. The molecule has 0 fully saturated rings. The van der Waals surface area contributed by atoms with Crippen LogP contribution >= 0.6 is 11.6 Å². The maximum Gasteiger partial charge on any atom is 0.337 e. The molecule has 0 aliphatic heterocycles. The van der Waals surface area contributed by atoms with Gasteiger partial charge in [0.25, 0.3) is 0 Å². The van der Waals surface area contributed by atoms with E-state index in [1.165, 1.54) is 18.2 Å². The molecule has 0 heterocycles. The lowest BCUT2D eigenvalue weighted by Crippen LogP contribution is -2.35. The highest BCUT2D eigenvalue weighted by atomic mass is 35.5. The van der Waals surface area contributed by atoms with Crippen LogP contribution in [0.2, 0.25) is 5.02 Å². The van der Waals surface area contributed by atoms with Gasteiger partial charge in [-0.25, -0.2) is 9.59 Å². The Bertz CT molecular complexity index is 493. The highest BCUT2D eigenvalue weighted by molar-refractivity contribution is 6.33. The van der Waals surface area contributed by atoms with Gasteiger partial charge in [-0.05, 0) is 32.0 Å². The van der Waals surface area contributed by atoms with Crippen molar-refractivity contribution in [1.29, 1.82) is 0 Å². The monoisotopic (exact) mass is 300 g/mol. The number of hydrogen-bond acceptors (Lipinski definition) is 3. The van der Waals surface area contributed by atoms with Crippen molar-refractivity contribution in [3.8, 4) is 0 Å². The lowest BCUT2D eigenvalue weighted by Gasteiger charge is -2.13. The Balaban J connectivity index is 2.58. The number of aromatic carboxylic acids is 1. The predicted molar refractivity (Wildman–Crippen MR) is 76.5 cm³/mol. The van der Waals surface area contributed by atoms with Crippen molar-refractivity contribution in [2.24, 2.45) is 0 Å². The van der Waals surface area contributed by atoms with Crippen LogP contribution in [0.25, 0.3) is 0 Å². The number of ether oxygens (including phenoxy) is 1. The third-order valence-corrected chi connectivity index (χ3v) is 2.79. The fraction of sp³-hybridized carbons (Fsp3) is 0.385. The molecule has 0 radical (unpaired) electrons. The molecule has 2 amide bonds. The van der Waals surface area contributed by atoms with Crippen molar-refractivity contribution in [2.75, 3.05) is 18.5 Å². The highest BCUT2D eigenvalue weighted by Crippen LogP contribution is 2.20. The summed E-state index contributed by atoms with van der Waals surface area (Å²) < 4.78 is 5.27. The number of rotatable bonds is 6. The number of anilines is 1. The van der Waals surface area contributed by atoms with E-state index in [-0.39, 0.29) is 16.7 Å². The number of carbonyl (C=O) groups is 2. The Morgan fingerprint density at radius 2 is 2.15 bits per heavy atom. The minimum absolute atomic E-state index is 0.0628. The molecular formula is C13H17ClN2O4. The Morgan fingerprint density at radius 1 is 1.45 bits per heavy atom. The van der Waals surface area contributed by atoms with Crippen molar-refractivity contribution >= 4 is 29.3 Å². The maximum absolute atomic E-state index is 11.6. The Kier molecular flexibility index (Phi) is 6.27. The first-order valence-electron chi connectivity index (χ1n) is 6.13. The molecule has 1 rings (SSSR count). The van der Waals surface area contributed by atoms with Crippen LogP contribution in [0.5, 0.6) is 0 Å². The molecule has 0 aliphatic carbocycles. The molecule has 20 heavy (non-hydrogen) atoms. The minimum Gasteiger partial charge on any atom is -0.478 e. The zero-order valence-electron chi connectivity index (χ0n) is 11.3. The quantitative estimate of drug-likeness (QED) is 0.753. The van der Waals surface area contributed by atoms with Gasteiger partial charge >= 0.3 is 12.0 Å². The number of urea groups is 1. The number of halogens is 1. The summed E-state index contributed by atoms with van der Waals surface area (Å²) in [7, 11) is 0.